The highest BCUT2D eigenvalue weighted by Gasteiger charge is 2.31. The number of carbonyl (C=O) groups is 1. The number of benzene rings is 2. The fourth-order valence-corrected chi connectivity index (χ4v) is 4.34. The molecule has 0 saturated carbocycles. The van der Waals surface area contributed by atoms with Crippen molar-refractivity contribution in [3.8, 4) is 17.0 Å². The van der Waals surface area contributed by atoms with Gasteiger partial charge >= 0.3 is 0 Å². The summed E-state index contributed by atoms with van der Waals surface area (Å²) in [7, 11) is 1.44. The average molecular weight is 438 g/mol. The van der Waals surface area contributed by atoms with Crippen LogP contribution in [0.15, 0.2) is 47.0 Å². The predicted molar refractivity (Wildman–Crippen MR) is 119 cm³/mol. The molecule has 2 aliphatic heterocycles. The van der Waals surface area contributed by atoms with Gasteiger partial charge in [0, 0.05) is 29.9 Å². The monoisotopic (exact) mass is 437 g/mol. The number of halogens is 1. The molecule has 7 nitrogen and oxygen atoms in total. The molecule has 1 fully saturated rings. The third-order valence-corrected chi connectivity index (χ3v) is 5.98. The van der Waals surface area contributed by atoms with E-state index in [0.29, 0.717) is 16.3 Å². The number of aliphatic hydroxyl groups is 1. The topological polar surface area (TPSA) is 87.8 Å². The minimum Gasteiger partial charge on any atom is -0.504 e. The van der Waals surface area contributed by atoms with Gasteiger partial charge in [0.1, 0.15) is 0 Å². The molecule has 2 N–H and O–H groups in total. The number of hydrogen-bond acceptors (Lipinski definition) is 6. The number of fused-ring (bicyclic) bond motifs is 1. The summed E-state index contributed by atoms with van der Waals surface area (Å²) in [5.41, 5.74) is 4.05. The lowest BCUT2D eigenvalue weighted by atomic mass is 9.98. The Morgan fingerprint density at radius 1 is 1.16 bits per heavy atom. The van der Waals surface area contributed by atoms with E-state index in [1.54, 1.807) is 12.1 Å². The van der Waals surface area contributed by atoms with Crippen LogP contribution in [-0.2, 0) is 4.79 Å². The number of hydrogen-bond donors (Lipinski definition) is 2. The highest BCUT2D eigenvalue weighted by Crippen LogP contribution is 2.42. The number of aromatic nitrogens is 1. The summed E-state index contributed by atoms with van der Waals surface area (Å²) in [6.07, 6.45) is 2.43. The lowest BCUT2D eigenvalue weighted by Gasteiger charge is -2.18. The Hall–Kier alpha value is -3.45. The number of nitrogens with zero attached hydrogens (tertiary/aromatic N) is 2. The van der Waals surface area contributed by atoms with Crippen molar-refractivity contribution in [1.29, 1.82) is 0 Å². The second kappa shape index (κ2) is 7.67. The summed E-state index contributed by atoms with van der Waals surface area (Å²) in [4.78, 5) is 15.0. The molecule has 0 aliphatic carbocycles. The Morgan fingerprint density at radius 2 is 1.90 bits per heavy atom. The molecule has 31 heavy (non-hydrogen) atoms. The second-order valence-corrected chi connectivity index (χ2v) is 7.94. The Bertz CT molecular complexity index is 1190. The Kier molecular flexibility index (Phi) is 4.82. The van der Waals surface area contributed by atoms with Crippen LogP contribution in [0.3, 0.4) is 0 Å². The molecule has 1 amide bonds. The van der Waals surface area contributed by atoms with Crippen molar-refractivity contribution in [2.24, 2.45) is 0 Å². The second-order valence-electron chi connectivity index (χ2n) is 7.53. The van der Waals surface area contributed by atoms with E-state index in [-0.39, 0.29) is 23.0 Å². The van der Waals surface area contributed by atoms with Crippen molar-refractivity contribution in [1.82, 2.24) is 5.16 Å². The van der Waals surface area contributed by atoms with Crippen LogP contribution in [0.5, 0.6) is 5.88 Å². The third-order valence-electron chi connectivity index (χ3n) is 5.67. The van der Waals surface area contributed by atoms with Crippen LogP contribution in [0.25, 0.3) is 22.5 Å². The van der Waals surface area contributed by atoms with Gasteiger partial charge in [-0.25, -0.2) is 0 Å². The van der Waals surface area contributed by atoms with E-state index < -0.39 is 5.91 Å². The summed E-state index contributed by atoms with van der Waals surface area (Å²) < 4.78 is 10.1. The Labute approximate surface area is 183 Å². The smallest absolute Gasteiger partial charge is 0.260 e. The molecule has 3 aromatic rings. The molecule has 0 radical (unpaired) electrons. The van der Waals surface area contributed by atoms with Crippen LogP contribution in [0.2, 0.25) is 5.02 Å². The van der Waals surface area contributed by atoms with Gasteiger partial charge in [0.25, 0.3) is 11.8 Å². The molecule has 0 spiro atoms. The standard InChI is InChI=1S/C23H20ClN3O4/c1-30-20-12-19(31-26-20)22(28)21-16-10-15(17(24)11-18(16)25-23(21)29)13-4-6-14(7-5-13)27-8-2-3-9-27/h4-7,10-12,28H,2-3,8-9H2,1H3,(H,25,29). The first kappa shape index (κ1) is 19.5. The van der Waals surface area contributed by atoms with Gasteiger partial charge in [-0.2, -0.15) is 0 Å². The third kappa shape index (κ3) is 3.41. The van der Waals surface area contributed by atoms with Crippen molar-refractivity contribution in [3.63, 3.8) is 0 Å². The van der Waals surface area contributed by atoms with Crippen LogP contribution in [0, 0.1) is 0 Å². The zero-order valence-corrected chi connectivity index (χ0v) is 17.6. The van der Waals surface area contributed by atoms with Gasteiger partial charge in [0.05, 0.1) is 29.5 Å². The van der Waals surface area contributed by atoms with E-state index in [1.165, 1.54) is 31.7 Å². The summed E-state index contributed by atoms with van der Waals surface area (Å²) in [6.45, 7) is 2.15. The molecule has 2 aromatic carbocycles. The van der Waals surface area contributed by atoms with Crippen molar-refractivity contribution < 1.29 is 19.2 Å². The van der Waals surface area contributed by atoms with Crippen molar-refractivity contribution in [2.75, 3.05) is 30.4 Å². The maximum atomic E-state index is 12.6. The molecular weight excluding hydrogens is 418 g/mol. The fraction of sp³-hybridized carbons (Fsp3) is 0.217. The maximum Gasteiger partial charge on any atom is 0.260 e. The minimum absolute atomic E-state index is 0.0429. The summed E-state index contributed by atoms with van der Waals surface area (Å²) >= 11 is 6.54. The number of anilines is 2. The molecule has 3 heterocycles. The van der Waals surface area contributed by atoms with Crippen molar-refractivity contribution >= 4 is 40.2 Å². The van der Waals surface area contributed by atoms with E-state index in [9.17, 15) is 9.90 Å². The van der Waals surface area contributed by atoms with Gasteiger partial charge < -0.3 is 24.6 Å². The normalized spacial score (nSPS) is 17.0. The molecule has 5 rings (SSSR count). The van der Waals surface area contributed by atoms with Gasteiger partial charge in [-0.05, 0) is 47.8 Å². The van der Waals surface area contributed by atoms with Gasteiger partial charge in [-0.15, -0.1) is 0 Å². The Morgan fingerprint density at radius 3 is 2.58 bits per heavy atom. The van der Waals surface area contributed by atoms with E-state index in [1.807, 2.05) is 12.1 Å². The highest BCUT2D eigenvalue weighted by molar-refractivity contribution is 6.38. The van der Waals surface area contributed by atoms with E-state index >= 15 is 0 Å². The van der Waals surface area contributed by atoms with Gasteiger partial charge in [-0.3, -0.25) is 4.79 Å². The van der Waals surface area contributed by atoms with E-state index in [4.69, 9.17) is 20.9 Å². The first-order valence-electron chi connectivity index (χ1n) is 10.00. The molecule has 2 aliphatic rings. The number of methoxy groups -OCH3 is 1. The van der Waals surface area contributed by atoms with E-state index in [0.717, 1.165) is 24.2 Å². The first-order chi connectivity index (χ1) is 15.0. The number of amides is 1. The minimum atomic E-state index is -0.444. The van der Waals surface area contributed by atoms with Gasteiger partial charge in [0.15, 0.2) is 5.76 Å². The number of aliphatic hydroxyl groups excluding tert-OH is 1. The molecule has 1 aromatic heterocycles. The summed E-state index contributed by atoms with van der Waals surface area (Å²) in [5.74, 6) is -0.512. The average Bonchev–Trinajstić information content (AvgIpc) is 3.52. The molecular formula is C23H20ClN3O4. The maximum absolute atomic E-state index is 12.6. The largest absolute Gasteiger partial charge is 0.504 e. The van der Waals surface area contributed by atoms with Gasteiger partial charge in [0.2, 0.25) is 5.76 Å². The van der Waals surface area contributed by atoms with E-state index in [2.05, 4.69) is 27.5 Å². The molecule has 1 saturated heterocycles. The van der Waals surface area contributed by atoms with Crippen molar-refractivity contribution in [2.45, 2.75) is 12.8 Å². The van der Waals surface area contributed by atoms with Crippen molar-refractivity contribution in [3.05, 3.63) is 58.8 Å². The quantitative estimate of drug-likeness (QED) is 0.442. The highest BCUT2D eigenvalue weighted by atomic mass is 35.5. The van der Waals surface area contributed by atoms with Crippen LogP contribution in [0.1, 0.15) is 24.2 Å². The Balaban J connectivity index is 1.55. The SMILES string of the molecule is COc1cc(C(O)=C2C(=O)Nc3cc(Cl)c(-c4ccc(N5CCCC5)cc4)cc32)on1. The molecule has 0 atom stereocenters. The number of ether oxygens (including phenoxy) is 1. The lowest BCUT2D eigenvalue weighted by Crippen LogP contribution is -2.17. The molecule has 158 valence electrons. The molecule has 0 bridgehead atoms. The van der Waals surface area contributed by atoms with Crippen LogP contribution < -0.4 is 15.0 Å². The van der Waals surface area contributed by atoms with Crippen LogP contribution in [0.4, 0.5) is 11.4 Å². The summed E-state index contributed by atoms with van der Waals surface area (Å²) in [5, 5.41) is 17.7. The number of rotatable bonds is 4. The lowest BCUT2D eigenvalue weighted by molar-refractivity contribution is -0.110. The molecule has 0 unspecified atom stereocenters. The van der Waals surface area contributed by atoms with Crippen LogP contribution >= 0.6 is 11.6 Å². The number of nitrogens with one attached hydrogen (secondary N) is 1. The van der Waals surface area contributed by atoms with Gasteiger partial charge in [-0.1, -0.05) is 23.7 Å². The first-order valence-corrected chi connectivity index (χ1v) is 10.4. The molecule has 8 heteroatoms. The summed E-state index contributed by atoms with van der Waals surface area (Å²) in [6, 6.07) is 13.1. The van der Waals surface area contributed by atoms with Crippen LogP contribution in [-0.4, -0.2) is 36.4 Å². The fourth-order valence-electron chi connectivity index (χ4n) is 4.06. The zero-order valence-electron chi connectivity index (χ0n) is 16.8. The zero-order chi connectivity index (χ0) is 21.5. The predicted octanol–water partition coefficient (Wildman–Crippen LogP) is 4.98. The number of carbonyl (C=O) groups excluding carboxylic acids is 1.